The van der Waals surface area contributed by atoms with Gasteiger partial charge in [0, 0.05) is 24.4 Å². The van der Waals surface area contributed by atoms with Crippen molar-refractivity contribution in [2.75, 3.05) is 19.0 Å². The average Bonchev–Trinajstić information content (AvgIpc) is 2.67. The zero-order chi connectivity index (χ0) is 20.1. The second-order valence-electron chi connectivity index (χ2n) is 6.48. The van der Waals surface area contributed by atoms with Crippen LogP contribution in [0, 0.1) is 0 Å². The lowest BCUT2D eigenvalue weighted by atomic mass is 10.0. The standard InChI is InChI=1S/C21H22N2O4S/c1-15(14-27-2)23-28(25,26)18-12-10-17(11-13-18)22-21(24)20-9-5-7-16-6-3-4-8-19(16)20/h3-13,15,23H,14H2,1-2H3,(H,22,24). The van der Waals surface area contributed by atoms with Gasteiger partial charge in [0.05, 0.1) is 11.5 Å². The quantitative estimate of drug-likeness (QED) is 0.639. The fraction of sp³-hybridized carbons (Fsp3) is 0.190. The van der Waals surface area contributed by atoms with E-state index in [-0.39, 0.29) is 23.5 Å². The molecular formula is C21H22N2O4S. The molecule has 0 fully saturated rings. The number of fused-ring (bicyclic) bond motifs is 1. The predicted octanol–water partition coefficient (Wildman–Crippen LogP) is 3.41. The van der Waals surface area contributed by atoms with Crippen LogP contribution in [0.15, 0.2) is 71.6 Å². The molecule has 0 bridgehead atoms. The monoisotopic (exact) mass is 398 g/mol. The Labute approximate surface area is 164 Å². The molecule has 0 aliphatic rings. The summed E-state index contributed by atoms with van der Waals surface area (Å²) in [4.78, 5) is 12.8. The van der Waals surface area contributed by atoms with Gasteiger partial charge in [-0.2, -0.15) is 0 Å². The summed E-state index contributed by atoms with van der Waals surface area (Å²) in [6.45, 7) is 2.00. The Hall–Kier alpha value is -2.74. The van der Waals surface area contributed by atoms with E-state index in [0.29, 0.717) is 11.3 Å². The van der Waals surface area contributed by atoms with Gasteiger partial charge in [0.15, 0.2) is 0 Å². The lowest BCUT2D eigenvalue weighted by Crippen LogP contribution is -2.35. The van der Waals surface area contributed by atoms with Gasteiger partial charge in [0.25, 0.3) is 5.91 Å². The molecule has 2 N–H and O–H groups in total. The Kier molecular flexibility index (Phi) is 6.08. The number of hydrogen-bond acceptors (Lipinski definition) is 4. The predicted molar refractivity (Wildman–Crippen MR) is 110 cm³/mol. The minimum atomic E-state index is -3.65. The van der Waals surface area contributed by atoms with E-state index in [0.717, 1.165) is 10.8 Å². The first kappa shape index (κ1) is 20.0. The third kappa shape index (κ3) is 4.56. The number of carbonyl (C=O) groups is 1. The van der Waals surface area contributed by atoms with Crippen LogP contribution in [0.2, 0.25) is 0 Å². The maximum absolute atomic E-state index is 12.7. The van der Waals surface area contributed by atoms with E-state index < -0.39 is 10.0 Å². The van der Waals surface area contributed by atoms with Crippen molar-refractivity contribution in [3.63, 3.8) is 0 Å². The first-order chi connectivity index (χ1) is 13.4. The van der Waals surface area contributed by atoms with E-state index in [9.17, 15) is 13.2 Å². The highest BCUT2D eigenvalue weighted by Crippen LogP contribution is 2.20. The van der Waals surface area contributed by atoms with Gasteiger partial charge >= 0.3 is 0 Å². The first-order valence-corrected chi connectivity index (χ1v) is 10.3. The Morgan fingerprint density at radius 2 is 1.68 bits per heavy atom. The van der Waals surface area contributed by atoms with E-state index in [2.05, 4.69) is 10.0 Å². The van der Waals surface area contributed by atoms with Gasteiger partial charge in [-0.15, -0.1) is 0 Å². The SMILES string of the molecule is COCC(C)NS(=O)(=O)c1ccc(NC(=O)c2cccc3ccccc23)cc1. The van der Waals surface area contributed by atoms with E-state index in [1.807, 2.05) is 36.4 Å². The van der Waals surface area contributed by atoms with Crippen LogP contribution in [0.5, 0.6) is 0 Å². The van der Waals surface area contributed by atoms with Crippen molar-refractivity contribution in [1.29, 1.82) is 0 Å². The minimum Gasteiger partial charge on any atom is -0.383 e. The fourth-order valence-electron chi connectivity index (χ4n) is 2.96. The topological polar surface area (TPSA) is 84.5 Å². The fourth-order valence-corrected chi connectivity index (χ4v) is 4.18. The van der Waals surface area contributed by atoms with Crippen LogP contribution in [-0.4, -0.2) is 34.1 Å². The molecule has 28 heavy (non-hydrogen) atoms. The molecule has 0 aromatic heterocycles. The van der Waals surface area contributed by atoms with Gasteiger partial charge in [-0.1, -0.05) is 36.4 Å². The number of anilines is 1. The van der Waals surface area contributed by atoms with Gasteiger partial charge in [-0.05, 0) is 48.0 Å². The average molecular weight is 398 g/mol. The van der Waals surface area contributed by atoms with Crippen molar-refractivity contribution in [1.82, 2.24) is 4.72 Å². The number of hydrogen-bond donors (Lipinski definition) is 2. The summed E-state index contributed by atoms with van der Waals surface area (Å²) < 4.78 is 32.2. The van der Waals surface area contributed by atoms with Crippen LogP contribution >= 0.6 is 0 Å². The Morgan fingerprint density at radius 3 is 2.39 bits per heavy atom. The zero-order valence-corrected chi connectivity index (χ0v) is 16.5. The first-order valence-electron chi connectivity index (χ1n) is 8.81. The summed E-state index contributed by atoms with van der Waals surface area (Å²) in [5, 5.41) is 4.65. The molecule has 146 valence electrons. The molecule has 0 spiro atoms. The second kappa shape index (κ2) is 8.52. The molecule has 6 nitrogen and oxygen atoms in total. The van der Waals surface area contributed by atoms with Crippen molar-refractivity contribution in [3.8, 4) is 0 Å². The van der Waals surface area contributed by atoms with Crippen molar-refractivity contribution >= 4 is 32.4 Å². The molecule has 1 unspecified atom stereocenters. The van der Waals surface area contributed by atoms with Crippen molar-refractivity contribution in [2.24, 2.45) is 0 Å². The third-order valence-corrected chi connectivity index (χ3v) is 5.84. The van der Waals surface area contributed by atoms with Crippen molar-refractivity contribution in [3.05, 3.63) is 72.3 Å². The zero-order valence-electron chi connectivity index (χ0n) is 15.7. The van der Waals surface area contributed by atoms with Gasteiger partial charge in [0.1, 0.15) is 0 Å². The normalized spacial score (nSPS) is 12.6. The van der Waals surface area contributed by atoms with Crippen molar-refractivity contribution < 1.29 is 17.9 Å². The van der Waals surface area contributed by atoms with Crippen LogP contribution in [0.4, 0.5) is 5.69 Å². The highest BCUT2D eigenvalue weighted by Gasteiger charge is 2.17. The van der Waals surface area contributed by atoms with Crippen LogP contribution in [-0.2, 0) is 14.8 Å². The molecule has 3 aromatic rings. The Morgan fingerprint density at radius 1 is 1.00 bits per heavy atom. The molecule has 3 aromatic carbocycles. The summed E-state index contributed by atoms with van der Waals surface area (Å²) in [6, 6.07) is 18.9. The van der Waals surface area contributed by atoms with E-state index in [4.69, 9.17) is 4.74 Å². The molecule has 0 saturated carbocycles. The lowest BCUT2D eigenvalue weighted by Gasteiger charge is -2.13. The maximum atomic E-state index is 12.7. The molecule has 7 heteroatoms. The number of ether oxygens (including phenoxy) is 1. The molecular weight excluding hydrogens is 376 g/mol. The van der Waals surface area contributed by atoms with Gasteiger partial charge in [0.2, 0.25) is 10.0 Å². The maximum Gasteiger partial charge on any atom is 0.256 e. The molecule has 0 aliphatic carbocycles. The summed E-state index contributed by atoms with van der Waals surface area (Å²) in [7, 11) is -2.14. The van der Waals surface area contributed by atoms with Crippen LogP contribution in [0.25, 0.3) is 10.8 Å². The van der Waals surface area contributed by atoms with Gasteiger partial charge in [-0.25, -0.2) is 13.1 Å². The number of methoxy groups -OCH3 is 1. The van der Waals surface area contributed by atoms with E-state index >= 15 is 0 Å². The van der Waals surface area contributed by atoms with Crippen LogP contribution in [0.3, 0.4) is 0 Å². The van der Waals surface area contributed by atoms with Crippen LogP contribution < -0.4 is 10.0 Å². The van der Waals surface area contributed by atoms with Crippen LogP contribution in [0.1, 0.15) is 17.3 Å². The Bertz CT molecular complexity index is 1070. The smallest absolute Gasteiger partial charge is 0.256 e. The van der Waals surface area contributed by atoms with Gasteiger partial charge < -0.3 is 10.1 Å². The largest absolute Gasteiger partial charge is 0.383 e. The summed E-state index contributed by atoms with van der Waals surface area (Å²) in [5.74, 6) is -0.251. The number of rotatable bonds is 7. The number of benzene rings is 3. The Balaban J connectivity index is 1.76. The molecule has 1 amide bonds. The van der Waals surface area contributed by atoms with E-state index in [1.165, 1.54) is 19.2 Å². The molecule has 1 atom stereocenters. The number of carbonyl (C=O) groups excluding carboxylic acids is 1. The van der Waals surface area contributed by atoms with Crippen molar-refractivity contribution in [2.45, 2.75) is 17.9 Å². The molecule has 0 heterocycles. The third-order valence-electron chi connectivity index (χ3n) is 4.23. The van der Waals surface area contributed by atoms with E-state index in [1.54, 1.807) is 25.1 Å². The highest BCUT2D eigenvalue weighted by molar-refractivity contribution is 7.89. The number of sulfonamides is 1. The highest BCUT2D eigenvalue weighted by atomic mass is 32.2. The molecule has 0 radical (unpaired) electrons. The minimum absolute atomic E-state index is 0.124. The lowest BCUT2D eigenvalue weighted by molar-refractivity contribution is 0.102. The number of nitrogens with one attached hydrogen (secondary N) is 2. The summed E-state index contributed by atoms with van der Waals surface area (Å²) in [5.41, 5.74) is 1.08. The molecule has 3 rings (SSSR count). The molecule has 0 aliphatic heterocycles. The number of amides is 1. The summed E-state index contributed by atoms with van der Waals surface area (Å²) >= 11 is 0. The van der Waals surface area contributed by atoms with Gasteiger partial charge in [-0.3, -0.25) is 4.79 Å². The summed E-state index contributed by atoms with van der Waals surface area (Å²) in [6.07, 6.45) is 0. The molecule has 0 saturated heterocycles. The second-order valence-corrected chi connectivity index (χ2v) is 8.20.